The van der Waals surface area contributed by atoms with Gasteiger partial charge in [-0.15, -0.1) is 0 Å². The van der Waals surface area contributed by atoms with E-state index in [1.165, 1.54) is 0 Å². The zero-order chi connectivity index (χ0) is 8.43. The second-order valence-electron chi connectivity index (χ2n) is 3.27. The van der Waals surface area contributed by atoms with Crippen LogP contribution in [-0.4, -0.2) is 42.2 Å². The van der Waals surface area contributed by atoms with Gasteiger partial charge in [0.15, 0.2) is 0 Å². The Hall–Kier alpha value is -0.610. The van der Waals surface area contributed by atoms with Crippen LogP contribution in [-0.2, 0) is 4.79 Å². The molecule has 1 rings (SSSR count). The summed E-state index contributed by atoms with van der Waals surface area (Å²) in [7, 11) is 2.02. The number of rotatable bonds is 3. The molecule has 1 heterocycles. The molecule has 1 atom stereocenters. The number of nitrogens with zero attached hydrogens (tertiary/aromatic N) is 1. The van der Waals surface area contributed by atoms with Crippen LogP contribution in [0.15, 0.2) is 0 Å². The number of aliphatic carboxylic acids is 1. The number of nitrogens with two attached hydrogens (primary N) is 1. The Bertz CT molecular complexity index is 155. The molecule has 11 heavy (non-hydrogen) atoms. The Balaban J connectivity index is 2.16. The van der Waals surface area contributed by atoms with Crippen molar-refractivity contribution in [2.45, 2.75) is 12.5 Å². The van der Waals surface area contributed by atoms with Crippen molar-refractivity contribution in [3.05, 3.63) is 0 Å². The third-order valence-corrected chi connectivity index (χ3v) is 2.04. The van der Waals surface area contributed by atoms with Crippen LogP contribution in [0.2, 0.25) is 0 Å². The van der Waals surface area contributed by atoms with Gasteiger partial charge in [-0.3, -0.25) is 4.79 Å². The predicted octanol–water partition coefficient (Wildman–Crippen LogP) is -0.650. The summed E-state index contributed by atoms with van der Waals surface area (Å²) in [5.41, 5.74) is 5.35. The van der Waals surface area contributed by atoms with Crippen molar-refractivity contribution in [3.8, 4) is 0 Å². The highest BCUT2D eigenvalue weighted by atomic mass is 16.4. The van der Waals surface area contributed by atoms with Crippen molar-refractivity contribution in [1.29, 1.82) is 0 Å². The first-order chi connectivity index (χ1) is 5.09. The minimum atomic E-state index is -0.889. The average Bonchev–Trinajstić information content (AvgIpc) is 1.84. The first kappa shape index (κ1) is 8.49. The molecule has 0 bridgehead atoms. The molecule has 4 nitrogen and oxygen atoms in total. The van der Waals surface area contributed by atoms with Crippen LogP contribution in [0.1, 0.15) is 6.42 Å². The van der Waals surface area contributed by atoms with E-state index in [4.69, 9.17) is 10.8 Å². The van der Waals surface area contributed by atoms with Crippen LogP contribution in [0, 0.1) is 5.92 Å². The average molecular weight is 158 g/mol. The van der Waals surface area contributed by atoms with Gasteiger partial charge in [-0.25, -0.2) is 0 Å². The fourth-order valence-corrected chi connectivity index (χ4v) is 1.44. The van der Waals surface area contributed by atoms with Crippen LogP contribution >= 0.6 is 0 Å². The molecule has 1 saturated heterocycles. The smallest absolute Gasteiger partial charge is 0.320 e. The third kappa shape index (κ3) is 2.17. The second kappa shape index (κ2) is 3.19. The van der Waals surface area contributed by atoms with Crippen LogP contribution < -0.4 is 5.73 Å². The van der Waals surface area contributed by atoms with E-state index in [2.05, 4.69) is 4.90 Å². The fourth-order valence-electron chi connectivity index (χ4n) is 1.44. The van der Waals surface area contributed by atoms with Gasteiger partial charge in [-0.1, -0.05) is 0 Å². The van der Waals surface area contributed by atoms with E-state index in [0.29, 0.717) is 12.3 Å². The van der Waals surface area contributed by atoms with Gasteiger partial charge >= 0.3 is 5.97 Å². The zero-order valence-corrected chi connectivity index (χ0v) is 6.66. The molecule has 0 amide bonds. The molecule has 1 fully saturated rings. The Morgan fingerprint density at radius 2 is 2.36 bits per heavy atom. The summed E-state index contributed by atoms with van der Waals surface area (Å²) >= 11 is 0. The Labute approximate surface area is 66.0 Å². The van der Waals surface area contributed by atoms with E-state index in [1.54, 1.807) is 0 Å². The fraction of sp³-hybridized carbons (Fsp3) is 0.857. The predicted molar refractivity (Wildman–Crippen MR) is 41.2 cm³/mol. The highest BCUT2D eigenvalue weighted by molar-refractivity contribution is 5.73. The van der Waals surface area contributed by atoms with Gasteiger partial charge in [-0.05, 0) is 19.4 Å². The molecule has 1 aliphatic heterocycles. The highest BCUT2D eigenvalue weighted by Crippen LogP contribution is 2.17. The lowest BCUT2D eigenvalue weighted by molar-refractivity contribution is -0.139. The lowest BCUT2D eigenvalue weighted by Gasteiger charge is -2.36. The first-order valence-electron chi connectivity index (χ1n) is 3.76. The standard InChI is InChI=1S/C7H14N2O2/c1-9-3-5(4-9)2-6(8)7(10)11/h5-6H,2-4,8H2,1H3,(H,10,11). The maximum Gasteiger partial charge on any atom is 0.320 e. The summed E-state index contributed by atoms with van der Waals surface area (Å²) in [6, 6.07) is -0.673. The molecule has 0 aromatic heterocycles. The molecule has 0 aromatic rings. The number of hydrogen-bond donors (Lipinski definition) is 2. The van der Waals surface area contributed by atoms with Crippen molar-refractivity contribution >= 4 is 5.97 Å². The molecule has 1 aliphatic rings. The minimum Gasteiger partial charge on any atom is -0.480 e. The van der Waals surface area contributed by atoms with Crippen LogP contribution in [0.5, 0.6) is 0 Å². The van der Waals surface area contributed by atoms with E-state index < -0.39 is 12.0 Å². The lowest BCUT2D eigenvalue weighted by Crippen LogP contribution is -2.47. The molecule has 0 spiro atoms. The van der Waals surface area contributed by atoms with E-state index in [0.717, 1.165) is 13.1 Å². The maximum atomic E-state index is 10.3. The van der Waals surface area contributed by atoms with Crippen LogP contribution in [0.4, 0.5) is 0 Å². The van der Waals surface area contributed by atoms with Gasteiger partial charge in [-0.2, -0.15) is 0 Å². The molecular formula is C7H14N2O2. The lowest BCUT2D eigenvalue weighted by atomic mass is 9.93. The Morgan fingerprint density at radius 1 is 1.82 bits per heavy atom. The topological polar surface area (TPSA) is 66.6 Å². The Kier molecular flexibility index (Phi) is 2.46. The molecular weight excluding hydrogens is 144 g/mol. The first-order valence-corrected chi connectivity index (χ1v) is 3.76. The zero-order valence-electron chi connectivity index (χ0n) is 6.66. The summed E-state index contributed by atoms with van der Waals surface area (Å²) in [6.45, 7) is 1.97. The number of likely N-dealkylation sites (tertiary alicyclic amines) is 1. The maximum absolute atomic E-state index is 10.3. The van der Waals surface area contributed by atoms with E-state index >= 15 is 0 Å². The molecule has 1 unspecified atom stereocenters. The van der Waals surface area contributed by atoms with Gasteiger partial charge in [0.05, 0.1) is 0 Å². The van der Waals surface area contributed by atoms with Gasteiger partial charge in [0.1, 0.15) is 6.04 Å². The van der Waals surface area contributed by atoms with Crippen molar-refractivity contribution < 1.29 is 9.90 Å². The van der Waals surface area contributed by atoms with Crippen molar-refractivity contribution in [3.63, 3.8) is 0 Å². The largest absolute Gasteiger partial charge is 0.480 e. The normalized spacial score (nSPS) is 22.7. The second-order valence-corrected chi connectivity index (χ2v) is 3.27. The molecule has 0 aliphatic carbocycles. The SMILES string of the molecule is CN1CC(CC(N)C(=O)O)C1. The monoisotopic (exact) mass is 158 g/mol. The molecule has 0 aromatic carbocycles. The highest BCUT2D eigenvalue weighted by Gasteiger charge is 2.27. The minimum absolute atomic E-state index is 0.492. The van der Waals surface area contributed by atoms with Crippen molar-refractivity contribution in [2.75, 3.05) is 20.1 Å². The van der Waals surface area contributed by atoms with Crippen molar-refractivity contribution in [2.24, 2.45) is 11.7 Å². The van der Waals surface area contributed by atoms with Gasteiger partial charge in [0, 0.05) is 13.1 Å². The van der Waals surface area contributed by atoms with E-state index in [9.17, 15) is 4.79 Å². The van der Waals surface area contributed by atoms with Crippen LogP contribution in [0.25, 0.3) is 0 Å². The van der Waals surface area contributed by atoms with Gasteiger partial charge < -0.3 is 15.7 Å². The van der Waals surface area contributed by atoms with E-state index in [1.807, 2.05) is 7.05 Å². The number of carbonyl (C=O) groups is 1. The summed E-state index contributed by atoms with van der Waals surface area (Å²) in [5, 5.41) is 8.48. The summed E-state index contributed by atoms with van der Waals surface area (Å²) in [5.74, 6) is -0.398. The van der Waals surface area contributed by atoms with Crippen molar-refractivity contribution in [1.82, 2.24) is 4.90 Å². The Morgan fingerprint density at radius 3 is 2.73 bits per heavy atom. The summed E-state index contributed by atoms with van der Waals surface area (Å²) in [6.07, 6.45) is 0.611. The molecule has 4 heteroatoms. The van der Waals surface area contributed by atoms with Crippen LogP contribution in [0.3, 0.4) is 0 Å². The summed E-state index contributed by atoms with van der Waals surface area (Å²) in [4.78, 5) is 12.5. The molecule has 0 saturated carbocycles. The number of carboxylic acids is 1. The quantitative estimate of drug-likeness (QED) is 0.573. The summed E-state index contributed by atoms with van der Waals surface area (Å²) < 4.78 is 0. The third-order valence-electron chi connectivity index (χ3n) is 2.04. The number of carboxylic acid groups (broad SMARTS) is 1. The molecule has 64 valence electrons. The van der Waals surface area contributed by atoms with Gasteiger partial charge in [0.25, 0.3) is 0 Å². The van der Waals surface area contributed by atoms with E-state index in [-0.39, 0.29) is 0 Å². The molecule has 3 N–H and O–H groups in total. The molecule has 0 radical (unpaired) electrons. The number of hydrogen-bond acceptors (Lipinski definition) is 3. The van der Waals surface area contributed by atoms with Gasteiger partial charge in [0.2, 0.25) is 0 Å².